The van der Waals surface area contributed by atoms with Gasteiger partial charge in [-0.1, -0.05) is 30.3 Å². The minimum atomic E-state index is -0.332. The maximum absolute atomic E-state index is 13.4. The molecule has 0 fully saturated rings. The molecule has 148 valence electrons. The van der Waals surface area contributed by atoms with Gasteiger partial charge in [-0.15, -0.1) is 0 Å². The average Bonchev–Trinajstić information content (AvgIpc) is 3.25. The lowest BCUT2D eigenvalue weighted by Crippen LogP contribution is -2.23. The Hall–Kier alpha value is -3.93. The van der Waals surface area contributed by atoms with E-state index in [9.17, 15) is 9.18 Å². The Kier molecular flexibility index (Phi) is 4.52. The summed E-state index contributed by atoms with van der Waals surface area (Å²) in [6, 6.07) is 21.0. The van der Waals surface area contributed by atoms with Crippen LogP contribution in [0, 0.1) is 5.82 Å². The van der Waals surface area contributed by atoms with Crippen LogP contribution in [0.3, 0.4) is 0 Å². The molecule has 0 bridgehead atoms. The zero-order chi connectivity index (χ0) is 20.5. The molecule has 4 aromatic rings. The summed E-state index contributed by atoms with van der Waals surface area (Å²) in [5.41, 5.74) is 3.39. The Morgan fingerprint density at radius 2 is 1.83 bits per heavy atom. The van der Waals surface area contributed by atoms with E-state index in [-0.39, 0.29) is 25.1 Å². The Morgan fingerprint density at radius 3 is 2.73 bits per heavy atom. The first kappa shape index (κ1) is 18.1. The van der Waals surface area contributed by atoms with Gasteiger partial charge in [0.2, 0.25) is 6.79 Å². The lowest BCUT2D eigenvalue weighted by atomic mass is 10.0. The molecule has 2 heterocycles. The van der Waals surface area contributed by atoms with Crippen molar-refractivity contribution in [1.29, 1.82) is 0 Å². The lowest BCUT2D eigenvalue weighted by Gasteiger charge is -2.11. The quantitative estimate of drug-likeness (QED) is 0.539. The number of hydrogen-bond donors (Lipinski definition) is 1. The second-order valence-corrected chi connectivity index (χ2v) is 6.95. The van der Waals surface area contributed by atoms with Crippen molar-refractivity contribution in [1.82, 2.24) is 10.3 Å². The maximum Gasteiger partial charge on any atom is 0.252 e. The Bertz CT molecular complexity index is 1270. The summed E-state index contributed by atoms with van der Waals surface area (Å²) < 4.78 is 24.3. The number of pyridine rings is 1. The van der Waals surface area contributed by atoms with Crippen LogP contribution in [0.5, 0.6) is 11.5 Å². The van der Waals surface area contributed by atoms with Crippen molar-refractivity contribution in [3.8, 4) is 22.8 Å². The number of rotatable bonds is 4. The maximum atomic E-state index is 13.4. The fourth-order valence-electron chi connectivity index (χ4n) is 3.49. The summed E-state index contributed by atoms with van der Waals surface area (Å²) in [5.74, 6) is 0.758. The van der Waals surface area contributed by atoms with Crippen molar-refractivity contribution >= 4 is 16.8 Å². The Balaban J connectivity index is 1.51. The highest BCUT2D eigenvalue weighted by atomic mass is 19.1. The monoisotopic (exact) mass is 400 g/mol. The van der Waals surface area contributed by atoms with Crippen LogP contribution in [0.4, 0.5) is 4.39 Å². The molecule has 0 aliphatic carbocycles. The third-order valence-corrected chi connectivity index (χ3v) is 4.97. The van der Waals surface area contributed by atoms with Gasteiger partial charge in [0.05, 0.1) is 16.8 Å². The van der Waals surface area contributed by atoms with Gasteiger partial charge in [-0.05, 0) is 48.0 Å². The molecule has 1 aliphatic heterocycles. The zero-order valence-corrected chi connectivity index (χ0v) is 15.9. The van der Waals surface area contributed by atoms with Crippen LogP contribution in [0.1, 0.15) is 15.9 Å². The minimum Gasteiger partial charge on any atom is -0.454 e. The molecule has 1 aromatic heterocycles. The summed E-state index contributed by atoms with van der Waals surface area (Å²) in [5, 5.41) is 3.63. The smallest absolute Gasteiger partial charge is 0.252 e. The van der Waals surface area contributed by atoms with E-state index in [0.717, 1.165) is 10.9 Å². The van der Waals surface area contributed by atoms with Crippen molar-refractivity contribution in [3.63, 3.8) is 0 Å². The number of hydrogen-bond acceptors (Lipinski definition) is 4. The van der Waals surface area contributed by atoms with Gasteiger partial charge >= 0.3 is 0 Å². The molecule has 1 aliphatic rings. The number of fused-ring (bicyclic) bond motifs is 2. The van der Waals surface area contributed by atoms with Crippen LogP contribution < -0.4 is 14.8 Å². The summed E-state index contributed by atoms with van der Waals surface area (Å²) in [4.78, 5) is 17.7. The SMILES string of the molecule is O=C(NCc1cccc(F)c1)c1cc(-c2ccc3c(c2)OCO3)nc2ccccc12. The molecule has 1 N–H and O–H groups in total. The van der Waals surface area contributed by atoms with Gasteiger partial charge in [-0.3, -0.25) is 4.79 Å². The third-order valence-electron chi connectivity index (χ3n) is 4.97. The first-order valence-corrected chi connectivity index (χ1v) is 9.50. The van der Waals surface area contributed by atoms with E-state index >= 15 is 0 Å². The number of ether oxygens (including phenoxy) is 2. The van der Waals surface area contributed by atoms with E-state index in [4.69, 9.17) is 14.5 Å². The van der Waals surface area contributed by atoms with Gasteiger partial charge in [0.25, 0.3) is 5.91 Å². The number of nitrogens with one attached hydrogen (secondary N) is 1. The average molecular weight is 400 g/mol. The molecule has 6 heteroatoms. The van der Waals surface area contributed by atoms with E-state index in [1.165, 1.54) is 12.1 Å². The van der Waals surface area contributed by atoms with E-state index in [2.05, 4.69) is 5.32 Å². The summed E-state index contributed by atoms with van der Waals surface area (Å²) >= 11 is 0. The second-order valence-electron chi connectivity index (χ2n) is 6.95. The van der Waals surface area contributed by atoms with Gasteiger partial charge in [0.15, 0.2) is 11.5 Å². The highest BCUT2D eigenvalue weighted by Crippen LogP contribution is 2.36. The Morgan fingerprint density at radius 1 is 0.967 bits per heavy atom. The molecule has 5 nitrogen and oxygen atoms in total. The minimum absolute atomic E-state index is 0.192. The van der Waals surface area contributed by atoms with Crippen LogP contribution in [0.2, 0.25) is 0 Å². The van der Waals surface area contributed by atoms with Crippen LogP contribution in [-0.4, -0.2) is 17.7 Å². The number of carbonyl (C=O) groups excluding carboxylic acids is 1. The summed E-state index contributed by atoms with van der Waals surface area (Å²) in [7, 11) is 0. The predicted octanol–water partition coefficient (Wildman–Crippen LogP) is 4.70. The highest BCUT2D eigenvalue weighted by molar-refractivity contribution is 6.07. The van der Waals surface area contributed by atoms with Gasteiger partial charge in [0, 0.05) is 17.5 Å². The number of para-hydroxylation sites is 1. The Labute approximate surface area is 172 Å². The van der Waals surface area contributed by atoms with Crippen LogP contribution >= 0.6 is 0 Å². The molecule has 1 amide bonds. The summed E-state index contributed by atoms with van der Waals surface area (Å²) in [6.07, 6.45) is 0. The van der Waals surface area contributed by atoms with E-state index in [1.807, 2.05) is 42.5 Å². The third kappa shape index (κ3) is 3.43. The number of nitrogens with zero attached hydrogens (tertiary/aromatic N) is 1. The predicted molar refractivity (Wildman–Crippen MR) is 111 cm³/mol. The molecule has 0 saturated carbocycles. The van der Waals surface area contributed by atoms with E-state index in [0.29, 0.717) is 33.8 Å². The number of benzene rings is 3. The normalized spacial score (nSPS) is 12.2. The van der Waals surface area contributed by atoms with E-state index < -0.39 is 0 Å². The molecular weight excluding hydrogens is 383 g/mol. The van der Waals surface area contributed by atoms with Crippen molar-refractivity contribution in [2.24, 2.45) is 0 Å². The molecule has 0 spiro atoms. The molecule has 0 radical (unpaired) electrons. The van der Waals surface area contributed by atoms with Crippen molar-refractivity contribution in [2.75, 3.05) is 6.79 Å². The lowest BCUT2D eigenvalue weighted by molar-refractivity contribution is 0.0952. The molecule has 0 unspecified atom stereocenters. The van der Waals surface area contributed by atoms with Crippen LogP contribution in [-0.2, 0) is 6.54 Å². The largest absolute Gasteiger partial charge is 0.454 e. The van der Waals surface area contributed by atoms with Crippen LogP contribution in [0.25, 0.3) is 22.2 Å². The molecule has 30 heavy (non-hydrogen) atoms. The fourth-order valence-corrected chi connectivity index (χ4v) is 3.49. The van der Waals surface area contributed by atoms with E-state index in [1.54, 1.807) is 18.2 Å². The molecule has 0 saturated heterocycles. The van der Waals surface area contributed by atoms with Gasteiger partial charge < -0.3 is 14.8 Å². The van der Waals surface area contributed by atoms with Gasteiger partial charge in [0.1, 0.15) is 5.82 Å². The highest BCUT2D eigenvalue weighted by Gasteiger charge is 2.17. The fraction of sp³-hybridized carbons (Fsp3) is 0.0833. The first-order chi connectivity index (χ1) is 14.7. The standard InChI is InChI=1S/C24H17FN2O3/c25-17-5-3-4-15(10-17)13-26-24(28)19-12-21(27-20-7-2-1-6-18(19)20)16-8-9-22-23(11-16)30-14-29-22/h1-12H,13-14H2,(H,26,28). The van der Waals surface area contributed by atoms with Crippen molar-refractivity contribution in [3.05, 3.63) is 89.7 Å². The number of carbonyl (C=O) groups is 1. The van der Waals surface area contributed by atoms with Crippen LogP contribution in [0.15, 0.2) is 72.8 Å². The molecule has 3 aromatic carbocycles. The number of halogens is 1. The van der Waals surface area contributed by atoms with Crippen molar-refractivity contribution < 1.29 is 18.7 Å². The molecule has 0 atom stereocenters. The number of aromatic nitrogens is 1. The van der Waals surface area contributed by atoms with Gasteiger partial charge in [-0.25, -0.2) is 9.37 Å². The topological polar surface area (TPSA) is 60.5 Å². The number of amides is 1. The van der Waals surface area contributed by atoms with Gasteiger partial charge in [-0.2, -0.15) is 0 Å². The first-order valence-electron chi connectivity index (χ1n) is 9.50. The van der Waals surface area contributed by atoms with Crippen molar-refractivity contribution in [2.45, 2.75) is 6.54 Å². The molecular formula is C24H17FN2O3. The summed E-state index contributed by atoms with van der Waals surface area (Å²) in [6.45, 7) is 0.421. The zero-order valence-electron chi connectivity index (χ0n) is 15.9. The molecule has 5 rings (SSSR count). The second kappa shape index (κ2) is 7.48.